The Kier molecular flexibility index (Phi) is 3.88. The van der Waals surface area contributed by atoms with Crippen LogP contribution < -0.4 is 5.32 Å². The molecule has 0 spiro atoms. The van der Waals surface area contributed by atoms with Gasteiger partial charge in [0.1, 0.15) is 5.82 Å². The highest BCUT2D eigenvalue weighted by molar-refractivity contribution is 6.39. The van der Waals surface area contributed by atoms with E-state index in [1.165, 1.54) is 23.1 Å². The summed E-state index contributed by atoms with van der Waals surface area (Å²) in [5.74, 6) is -1.85. The Balaban J connectivity index is 1.96. The number of carbonyl (C=O) groups is 2. The van der Waals surface area contributed by atoms with Gasteiger partial charge < -0.3 is 15.0 Å². The summed E-state index contributed by atoms with van der Waals surface area (Å²) in [6.07, 6.45) is 0. The average Bonchev–Trinajstić information content (AvgIpc) is 2.39. The summed E-state index contributed by atoms with van der Waals surface area (Å²) in [6.45, 7) is 1.66. The Bertz CT molecular complexity index is 458. The number of hydrogen-bond acceptors (Lipinski definition) is 3. The van der Waals surface area contributed by atoms with Gasteiger partial charge >= 0.3 is 11.8 Å². The zero-order chi connectivity index (χ0) is 13.0. The maximum atomic E-state index is 12.9. The number of anilines is 1. The normalized spacial score (nSPS) is 15.3. The van der Waals surface area contributed by atoms with E-state index in [1.54, 1.807) is 0 Å². The van der Waals surface area contributed by atoms with Crippen molar-refractivity contribution in [2.45, 2.75) is 0 Å². The Hall–Kier alpha value is -1.95. The van der Waals surface area contributed by atoms with Crippen LogP contribution in [0.3, 0.4) is 0 Å². The number of benzene rings is 1. The first-order valence-electron chi connectivity index (χ1n) is 5.60. The van der Waals surface area contributed by atoms with Crippen LogP contribution >= 0.6 is 0 Å². The van der Waals surface area contributed by atoms with Crippen LogP contribution in [-0.2, 0) is 14.3 Å². The number of ether oxygens (including phenoxy) is 1. The minimum absolute atomic E-state index is 0.265. The van der Waals surface area contributed by atoms with Crippen molar-refractivity contribution in [1.29, 1.82) is 0 Å². The Morgan fingerprint density at radius 2 is 2.00 bits per heavy atom. The van der Waals surface area contributed by atoms with Crippen LogP contribution in [0, 0.1) is 5.82 Å². The molecule has 1 heterocycles. The van der Waals surface area contributed by atoms with Crippen molar-refractivity contribution in [3.05, 3.63) is 30.1 Å². The summed E-state index contributed by atoms with van der Waals surface area (Å²) in [6, 6.07) is 5.40. The molecular formula is C12H13FN2O3. The smallest absolute Gasteiger partial charge is 0.313 e. The highest BCUT2D eigenvalue weighted by atomic mass is 19.1. The summed E-state index contributed by atoms with van der Waals surface area (Å²) in [5.41, 5.74) is 0.265. The molecule has 0 aliphatic carbocycles. The van der Waals surface area contributed by atoms with Gasteiger partial charge in [-0.15, -0.1) is 0 Å². The number of hydrogen-bond donors (Lipinski definition) is 1. The second-order valence-corrected chi connectivity index (χ2v) is 3.87. The topological polar surface area (TPSA) is 58.6 Å². The van der Waals surface area contributed by atoms with Crippen LogP contribution in [0.2, 0.25) is 0 Å². The molecule has 0 atom stereocenters. The fraction of sp³-hybridized carbons (Fsp3) is 0.333. The van der Waals surface area contributed by atoms with Crippen LogP contribution in [0.25, 0.3) is 0 Å². The monoisotopic (exact) mass is 252 g/mol. The summed E-state index contributed by atoms with van der Waals surface area (Å²) >= 11 is 0. The van der Waals surface area contributed by atoms with Crippen molar-refractivity contribution < 1.29 is 18.7 Å². The minimum Gasteiger partial charge on any atom is -0.378 e. The van der Waals surface area contributed by atoms with Gasteiger partial charge in [-0.05, 0) is 18.2 Å². The number of carbonyl (C=O) groups excluding carboxylic acids is 2. The van der Waals surface area contributed by atoms with Crippen LogP contribution in [0.4, 0.5) is 10.1 Å². The molecule has 6 heteroatoms. The molecular weight excluding hydrogens is 239 g/mol. The molecule has 0 aromatic heterocycles. The fourth-order valence-corrected chi connectivity index (χ4v) is 1.66. The maximum Gasteiger partial charge on any atom is 0.313 e. The Morgan fingerprint density at radius 1 is 1.28 bits per heavy atom. The zero-order valence-electron chi connectivity index (χ0n) is 9.69. The largest absolute Gasteiger partial charge is 0.378 e. The molecule has 0 unspecified atom stereocenters. The molecule has 1 fully saturated rings. The molecule has 1 aromatic carbocycles. The summed E-state index contributed by atoms with van der Waals surface area (Å²) in [4.78, 5) is 24.8. The number of halogens is 1. The molecule has 1 N–H and O–H groups in total. The second kappa shape index (κ2) is 5.59. The Labute approximate surface area is 104 Å². The highest BCUT2D eigenvalue weighted by Crippen LogP contribution is 2.09. The van der Waals surface area contributed by atoms with Gasteiger partial charge in [0, 0.05) is 18.8 Å². The van der Waals surface area contributed by atoms with Gasteiger partial charge in [0.05, 0.1) is 13.2 Å². The second-order valence-electron chi connectivity index (χ2n) is 3.87. The molecule has 96 valence electrons. The lowest BCUT2D eigenvalue weighted by Crippen LogP contribution is -2.45. The van der Waals surface area contributed by atoms with Gasteiger partial charge in [-0.25, -0.2) is 4.39 Å². The SMILES string of the molecule is O=C(Nc1cccc(F)c1)C(=O)N1CCOCC1. The van der Waals surface area contributed by atoms with Gasteiger partial charge in [0.2, 0.25) is 0 Å². The van der Waals surface area contributed by atoms with E-state index < -0.39 is 17.6 Å². The minimum atomic E-state index is -0.762. The van der Waals surface area contributed by atoms with E-state index in [1.807, 2.05) is 0 Å². The van der Waals surface area contributed by atoms with E-state index in [-0.39, 0.29) is 5.69 Å². The molecule has 1 aromatic rings. The summed E-state index contributed by atoms with van der Waals surface area (Å²) in [5, 5.41) is 2.37. The van der Waals surface area contributed by atoms with Crippen molar-refractivity contribution in [1.82, 2.24) is 4.90 Å². The first-order valence-corrected chi connectivity index (χ1v) is 5.60. The average molecular weight is 252 g/mol. The number of morpholine rings is 1. The third-order valence-electron chi connectivity index (χ3n) is 2.58. The van der Waals surface area contributed by atoms with Crippen LogP contribution in [-0.4, -0.2) is 43.0 Å². The third-order valence-corrected chi connectivity index (χ3v) is 2.58. The lowest BCUT2D eigenvalue weighted by atomic mass is 10.3. The van der Waals surface area contributed by atoms with Crippen molar-refractivity contribution in [2.24, 2.45) is 0 Å². The van der Waals surface area contributed by atoms with Crippen molar-refractivity contribution >= 4 is 17.5 Å². The molecule has 2 amide bonds. The fourth-order valence-electron chi connectivity index (χ4n) is 1.66. The first kappa shape index (κ1) is 12.5. The van der Waals surface area contributed by atoms with Crippen LogP contribution in [0.1, 0.15) is 0 Å². The van der Waals surface area contributed by atoms with Gasteiger partial charge in [0.15, 0.2) is 0 Å². The van der Waals surface area contributed by atoms with E-state index in [4.69, 9.17) is 4.74 Å². The summed E-state index contributed by atoms with van der Waals surface area (Å²) in [7, 11) is 0. The molecule has 2 rings (SSSR count). The van der Waals surface area contributed by atoms with E-state index >= 15 is 0 Å². The lowest BCUT2D eigenvalue weighted by molar-refractivity contribution is -0.145. The van der Waals surface area contributed by atoms with Crippen LogP contribution in [0.5, 0.6) is 0 Å². The molecule has 0 saturated carbocycles. The predicted octanol–water partition coefficient (Wildman–Crippen LogP) is 0.623. The molecule has 5 nitrogen and oxygen atoms in total. The molecule has 1 aliphatic heterocycles. The van der Waals surface area contributed by atoms with E-state index in [0.717, 1.165) is 6.07 Å². The van der Waals surface area contributed by atoms with Gasteiger partial charge in [-0.3, -0.25) is 9.59 Å². The molecule has 1 saturated heterocycles. The number of rotatable bonds is 1. The van der Waals surface area contributed by atoms with Crippen molar-refractivity contribution in [2.75, 3.05) is 31.6 Å². The van der Waals surface area contributed by atoms with Gasteiger partial charge in [-0.2, -0.15) is 0 Å². The predicted molar refractivity (Wildman–Crippen MR) is 62.4 cm³/mol. The quantitative estimate of drug-likeness (QED) is 0.745. The molecule has 1 aliphatic rings. The standard InChI is InChI=1S/C12H13FN2O3/c13-9-2-1-3-10(8-9)14-11(16)12(17)15-4-6-18-7-5-15/h1-3,8H,4-7H2,(H,14,16). The highest BCUT2D eigenvalue weighted by Gasteiger charge is 2.23. The number of nitrogens with one attached hydrogen (secondary N) is 1. The van der Waals surface area contributed by atoms with E-state index in [9.17, 15) is 14.0 Å². The third kappa shape index (κ3) is 3.04. The van der Waals surface area contributed by atoms with Crippen molar-refractivity contribution in [3.63, 3.8) is 0 Å². The van der Waals surface area contributed by atoms with E-state index in [0.29, 0.717) is 26.3 Å². The summed E-state index contributed by atoms with van der Waals surface area (Å²) < 4.78 is 18.0. The van der Waals surface area contributed by atoms with E-state index in [2.05, 4.69) is 5.32 Å². The zero-order valence-corrected chi connectivity index (χ0v) is 9.69. The molecule has 18 heavy (non-hydrogen) atoms. The van der Waals surface area contributed by atoms with Gasteiger partial charge in [-0.1, -0.05) is 6.07 Å². The maximum absolute atomic E-state index is 12.9. The van der Waals surface area contributed by atoms with Crippen LogP contribution in [0.15, 0.2) is 24.3 Å². The molecule has 0 bridgehead atoms. The first-order chi connectivity index (χ1) is 8.66. The lowest BCUT2D eigenvalue weighted by Gasteiger charge is -2.26. The van der Waals surface area contributed by atoms with Gasteiger partial charge in [0.25, 0.3) is 0 Å². The molecule has 0 radical (unpaired) electrons. The number of nitrogens with zero attached hydrogens (tertiary/aromatic N) is 1. The van der Waals surface area contributed by atoms with Crippen molar-refractivity contribution in [3.8, 4) is 0 Å². The number of amides is 2. The Morgan fingerprint density at radius 3 is 2.67 bits per heavy atom.